The van der Waals surface area contributed by atoms with Crippen LogP contribution >= 0.6 is 0 Å². The number of nitrogens with zero attached hydrogens (tertiary/aromatic N) is 3. The molecule has 7 heteroatoms. The number of piperazine rings is 1. The second-order valence-electron chi connectivity index (χ2n) is 11.3. The van der Waals surface area contributed by atoms with Crippen molar-refractivity contribution in [1.29, 1.82) is 0 Å². The Labute approximate surface area is 227 Å². The summed E-state index contributed by atoms with van der Waals surface area (Å²) in [5.41, 5.74) is 1.71. The quantitative estimate of drug-likeness (QED) is 0.561. The number of benzene rings is 2. The Balaban J connectivity index is 1.23. The molecule has 2 aromatic carbocycles. The normalized spacial score (nSPS) is 22.6. The van der Waals surface area contributed by atoms with Crippen molar-refractivity contribution < 1.29 is 19.4 Å². The van der Waals surface area contributed by atoms with Crippen LogP contribution in [0, 0.1) is 5.92 Å². The van der Waals surface area contributed by atoms with E-state index >= 15 is 0 Å². The fraction of sp³-hybridized carbons (Fsp3) is 0.581. The molecule has 38 heavy (non-hydrogen) atoms. The summed E-state index contributed by atoms with van der Waals surface area (Å²) in [6.07, 6.45) is 6.14. The predicted molar refractivity (Wildman–Crippen MR) is 149 cm³/mol. The van der Waals surface area contributed by atoms with Crippen LogP contribution in [0.5, 0.6) is 11.5 Å². The van der Waals surface area contributed by atoms with E-state index in [1.807, 2.05) is 42.5 Å². The number of fused-ring (bicyclic) bond motifs is 1. The summed E-state index contributed by atoms with van der Waals surface area (Å²) in [6, 6.07) is 15.8. The summed E-state index contributed by atoms with van der Waals surface area (Å²) in [4.78, 5) is 19.5. The highest BCUT2D eigenvalue weighted by Gasteiger charge is 2.34. The van der Waals surface area contributed by atoms with Crippen LogP contribution in [0.4, 0.5) is 0 Å². The Kier molecular flexibility index (Phi) is 8.87. The molecule has 3 atom stereocenters. The van der Waals surface area contributed by atoms with Crippen LogP contribution in [0.15, 0.2) is 48.5 Å². The SMILES string of the molecule is CN(C)C(=O)c1ccccc1C(CCN1CCN(C2COc3ccccc3O2)CC1)C(O)C1CCCCC1. The second kappa shape index (κ2) is 12.5. The smallest absolute Gasteiger partial charge is 0.253 e. The van der Waals surface area contributed by atoms with E-state index < -0.39 is 6.10 Å². The van der Waals surface area contributed by atoms with Crippen LogP contribution in [0.3, 0.4) is 0 Å². The summed E-state index contributed by atoms with van der Waals surface area (Å²) < 4.78 is 12.2. The third-order valence-electron chi connectivity index (χ3n) is 8.61. The Morgan fingerprint density at radius 2 is 1.66 bits per heavy atom. The number of aliphatic hydroxyl groups is 1. The van der Waals surface area contributed by atoms with Gasteiger partial charge >= 0.3 is 0 Å². The number of carbonyl (C=O) groups is 1. The standard InChI is InChI=1S/C31H43N3O4/c1-32(2)31(36)26-13-7-6-12-24(26)25(30(35)23-10-4-3-5-11-23)16-17-33-18-20-34(21-19-33)29-22-37-27-14-8-9-15-28(27)38-29/h6-9,12-15,23,25,29-30,35H,3-5,10-11,16-22H2,1-2H3. The van der Waals surface area contributed by atoms with Crippen molar-refractivity contribution in [1.82, 2.24) is 14.7 Å². The zero-order valence-electron chi connectivity index (χ0n) is 22.9. The molecule has 5 rings (SSSR count). The van der Waals surface area contributed by atoms with E-state index in [2.05, 4.69) is 15.9 Å². The molecule has 1 amide bonds. The third-order valence-corrected chi connectivity index (χ3v) is 8.61. The Hall–Kier alpha value is -2.61. The van der Waals surface area contributed by atoms with Gasteiger partial charge in [0.2, 0.25) is 0 Å². The van der Waals surface area contributed by atoms with Gasteiger partial charge in [-0.2, -0.15) is 0 Å². The van der Waals surface area contributed by atoms with Gasteiger partial charge in [0.1, 0.15) is 6.61 Å². The molecule has 2 aliphatic heterocycles. The molecule has 3 unspecified atom stereocenters. The summed E-state index contributed by atoms with van der Waals surface area (Å²) in [7, 11) is 3.59. The van der Waals surface area contributed by atoms with Gasteiger partial charge in [0.05, 0.1) is 6.10 Å². The van der Waals surface area contributed by atoms with Crippen LogP contribution in [0.2, 0.25) is 0 Å². The molecule has 3 aliphatic rings. The van der Waals surface area contributed by atoms with Gasteiger partial charge in [-0.05, 0) is 55.5 Å². The minimum atomic E-state index is -0.430. The average Bonchev–Trinajstić information content (AvgIpc) is 2.97. The van der Waals surface area contributed by atoms with E-state index in [1.54, 1.807) is 19.0 Å². The van der Waals surface area contributed by atoms with Gasteiger partial charge in [-0.1, -0.05) is 49.6 Å². The van der Waals surface area contributed by atoms with Gasteiger partial charge in [-0.3, -0.25) is 9.69 Å². The maximum Gasteiger partial charge on any atom is 0.253 e. The number of carbonyl (C=O) groups excluding carboxylic acids is 1. The Morgan fingerprint density at radius 1 is 0.974 bits per heavy atom. The van der Waals surface area contributed by atoms with Crippen LogP contribution < -0.4 is 9.47 Å². The Morgan fingerprint density at radius 3 is 2.39 bits per heavy atom. The molecule has 0 bridgehead atoms. The number of para-hydroxylation sites is 2. The molecule has 0 radical (unpaired) electrons. The highest BCUT2D eigenvalue weighted by Crippen LogP contribution is 2.37. The molecule has 1 saturated heterocycles. The van der Waals surface area contributed by atoms with Crippen LogP contribution in [0.25, 0.3) is 0 Å². The molecule has 1 N–H and O–H groups in total. The van der Waals surface area contributed by atoms with Gasteiger partial charge in [0.25, 0.3) is 5.91 Å². The number of aliphatic hydroxyl groups excluding tert-OH is 1. The van der Waals surface area contributed by atoms with Gasteiger partial charge in [0.15, 0.2) is 17.7 Å². The fourth-order valence-corrected chi connectivity index (χ4v) is 6.36. The molecular formula is C31H43N3O4. The topological polar surface area (TPSA) is 65.5 Å². The molecule has 2 aromatic rings. The van der Waals surface area contributed by atoms with E-state index in [4.69, 9.17) is 9.47 Å². The fourth-order valence-electron chi connectivity index (χ4n) is 6.36. The summed E-state index contributed by atoms with van der Waals surface area (Å²) in [5.74, 6) is 1.89. The van der Waals surface area contributed by atoms with Crippen LogP contribution in [0.1, 0.15) is 60.4 Å². The number of amides is 1. The molecule has 1 aliphatic carbocycles. The maximum atomic E-state index is 13.0. The van der Waals surface area contributed by atoms with Crippen molar-refractivity contribution >= 4 is 5.91 Å². The molecule has 1 saturated carbocycles. The van der Waals surface area contributed by atoms with E-state index in [9.17, 15) is 9.90 Å². The minimum absolute atomic E-state index is 0.00586. The first kappa shape index (κ1) is 27.0. The lowest BCUT2D eigenvalue weighted by molar-refractivity contribution is -0.0500. The summed E-state index contributed by atoms with van der Waals surface area (Å²) >= 11 is 0. The van der Waals surface area contributed by atoms with Crippen molar-refractivity contribution in [2.75, 3.05) is 53.4 Å². The number of hydrogen-bond donors (Lipinski definition) is 1. The first-order valence-electron chi connectivity index (χ1n) is 14.3. The lowest BCUT2D eigenvalue weighted by Gasteiger charge is -2.41. The van der Waals surface area contributed by atoms with Gasteiger partial charge in [-0.25, -0.2) is 0 Å². The monoisotopic (exact) mass is 521 g/mol. The van der Waals surface area contributed by atoms with E-state index in [-0.39, 0.29) is 18.1 Å². The molecule has 7 nitrogen and oxygen atoms in total. The summed E-state index contributed by atoms with van der Waals surface area (Å²) in [6.45, 7) is 5.18. The molecule has 2 fully saturated rings. The van der Waals surface area contributed by atoms with E-state index in [1.165, 1.54) is 19.3 Å². The van der Waals surface area contributed by atoms with Crippen LogP contribution in [-0.2, 0) is 0 Å². The zero-order chi connectivity index (χ0) is 26.5. The molecule has 0 spiro atoms. The van der Waals surface area contributed by atoms with Gasteiger partial charge < -0.3 is 24.4 Å². The van der Waals surface area contributed by atoms with Crippen molar-refractivity contribution in [3.63, 3.8) is 0 Å². The largest absolute Gasteiger partial charge is 0.484 e. The maximum absolute atomic E-state index is 13.0. The first-order chi connectivity index (χ1) is 18.5. The van der Waals surface area contributed by atoms with Crippen molar-refractivity contribution in [2.45, 2.75) is 56.8 Å². The second-order valence-corrected chi connectivity index (χ2v) is 11.3. The van der Waals surface area contributed by atoms with Crippen molar-refractivity contribution in [3.8, 4) is 11.5 Å². The Bertz CT molecular complexity index is 1060. The lowest BCUT2D eigenvalue weighted by atomic mass is 9.76. The average molecular weight is 522 g/mol. The van der Waals surface area contributed by atoms with Gasteiger partial charge in [-0.15, -0.1) is 0 Å². The number of hydrogen-bond acceptors (Lipinski definition) is 6. The molecule has 0 aromatic heterocycles. The van der Waals surface area contributed by atoms with Crippen molar-refractivity contribution in [2.24, 2.45) is 5.92 Å². The minimum Gasteiger partial charge on any atom is -0.484 e. The van der Waals surface area contributed by atoms with Crippen LogP contribution in [-0.4, -0.2) is 91.5 Å². The van der Waals surface area contributed by atoms with E-state index in [0.29, 0.717) is 12.5 Å². The molecular weight excluding hydrogens is 478 g/mol. The highest BCUT2D eigenvalue weighted by molar-refractivity contribution is 5.95. The first-order valence-corrected chi connectivity index (χ1v) is 14.3. The predicted octanol–water partition coefficient (Wildman–Crippen LogP) is 4.22. The summed E-state index contributed by atoms with van der Waals surface area (Å²) in [5, 5.41) is 11.7. The van der Waals surface area contributed by atoms with Gasteiger partial charge in [0, 0.05) is 51.8 Å². The number of ether oxygens (including phenoxy) is 2. The zero-order valence-corrected chi connectivity index (χ0v) is 22.9. The molecule has 2 heterocycles. The third kappa shape index (κ3) is 6.16. The molecule has 206 valence electrons. The highest BCUT2D eigenvalue weighted by atomic mass is 16.6. The van der Waals surface area contributed by atoms with Crippen molar-refractivity contribution in [3.05, 3.63) is 59.7 Å². The van der Waals surface area contributed by atoms with E-state index in [0.717, 1.165) is 74.6 Å². The number of rotatable bonds is 8. The lowest BCUT2D eigenvalue weighted by Crippen LogP contribution is -2.54.